The van der Waals surface area contributed by atoms with Gasteiger partial charge in [-0.25, -0.2) is 13.1 Å². The number of hydrogen-bond donors (Lipinski definition) is 1. The number of benzene rings is 1. The van der Waals surface area contributed by atoms with E-state index in [0.29, 0.717) is 36.5 Å². The predicted octanol–water partition coefficient (Wildman–Crippen LogP) is 1.51. The van der Waals surface area contributed by atoms with E-state index in [-0.39, 0.29) is 17.5 Å². The fourth-order valence-electron chi connectivity index (χ4n) is 3.35. The SMILES string of the molecule is COc1nc(CNS(=O)(=O)c2ccc3c(c2)OCCCO3)nc(N2CCCCC2)n1. The summed E-state index contributed by atoms with van der Waals surface area (Å²) in [5.41, 5.74) is 0. The lowest BCUT2D eigenvalue weighted by Gasteiger charge is -2.26. The van der Waals surface area contributed by atoms with Gasteiger partial charge in [-0.1, -0.05) is 0 Å². The number of piperidine rings is 1. The molecule has 0 unspecified atom stereocenters. The Morgan fingerprint density at radius 3 is 2.57 bits per heavy atom. The molecule has 10 nitrogen and oxygen atoms in total. The summed E-state index contributed by atoms with van der Waals surface area (Å²) in [6, 6.07) is 4.73. The molecule has 30 heavy (non-hydrogen) atoms. The molecule has 1 N–H and O–H groups in total. The Morgan fingerprint density at radius 2 is 1.80 bits per heavy atom. The number of sulfonamides is 1. The molecule has 0 saturated carbocycles. The molecule has 0 aliphatic carbocycles. The van der Waals surface area contributed by atoms with Gasteiger partial charge in [0.1, 0.15) is 0 Å². The highest BCUT2D eigenvalue weighted by atomic mass is 32.2. The Balaban J connectivity index is 1.51. The van der Waals surface area contributed by atoms with Crippen LogP contribution in [-0.4, -0.2) is 56.8 Å². The van der Waals surface area contributed by atoms with E-state index in [1.54, 1.807) is 6.07 Å². The largest absolute Gasteiger partial charge is 0.490 e. The van der Waals surface area contributed by atoms with Gasteiger partial charge in [0.2, 0.25) is 16.0 Å². The van der Waals surface area contributed by atoms with Gasteiger partial charge in [-0.05, 0) is 31.4 Å². The molecular weight excluding hydrogens is 410 g/mol. The summed E-state index contributed by atoms with van der Waals surface area (Å²) >= 11 is 0. The fourth-order valence-corrected chi connectivity index (χ4v) is 4.34. The molecule has 0 bridgehead atoms. The number of fused-ring (bicyclic) bond motifs is 1. The molecule has 2 aliphatic heterocycles. The lowest BCUT2D eigenvalue weighted by atomic mass is 10.1. The maximum absolute atomic E-state index is 12.8. The van der Waals surface area contributed by atoms with Gasteiger partial charge in [0.15, 0.2) is 17.3 Å². The van der Waals surface area contributed by atoms with Gasteiger partial charge in [-0.2, -0.15) is 15.0 Å². The minimum absolute atomic E-state index is 0.0868. The van der Waals surface area contributed by atoms with Crippen molar-refractivity contribution in [3.8, 4) is 17.5 Å². The molecule has 0 amide bonds. The van der Waals surface area contributed by atoms with E-state index in [1.807, 2.05) is 0 Å². The van der Waals surface area contributed by atoms with Crippen molar-refractivity contribution in [3.05, 3.63) is 24.0 Å². The van der Waals surface area contributed by atoms with E-state index in [4.69, 9.17) is 14.2 Å². The number of anilines is 1. The maximum Gasteiger partial charge on any atom is 0.321 e. The fraction of sp³-hybridized carbons (Fsp3) is 0.526. The Labute approximate surface area is 175 Å². The normalized spacial score (nSPS) is 16.8. The van der Waals surface area contributed by atoms with Gasteiger partial charge in [0, 0.05) is 25.6 Å². The van der Waals surface area contributed by atoms with Crippen LogP contribution >= 0.6 is 0 Å². The van der Waals surface area contributed by atoms with Gasteiger partial charge in [-0.3, -0.25) is 0 Å². The van der Waals surface area contributed by atoms with Crippen LogP contribution in [0.4, 0.5) is 5.95 Å². The highest BCUT2D eigenvalue weighted by Crippen LogP contribution is 2.31. The molecule has 1 aromatic heterocycles. The number of methoxy groups -OCH3 is 1. The van der Waals surface area contributed by atoms with Gasteiger partial charge in [-0.15, -0.1) is 0 Å². The average Bonchev–Trinajstić information content (AvgIpc) is 3.03. The van der Waals surface area contributed by atoms with Crippen LogP contribution in [0.1, 0.15) is 31.5 Å². The van der Waals surface area contributed by atoms with Crippen molar-refractivity contribution in [3.63, 3.8) is 0 Å². The lowest BCUT2D eigenvalue weighted by Crippen LogP contribution is -2.32. The minimum atomic E-state index is -3.80. The number of ether oxygens (including phenoxy) is 3. The second-order valence-electron chi connectivity index (χ2n) is 7.07. The summed E-state index contributed by atoms with van der Waals surface area (Å²) in [5, 5.41) is 0. The molecule has 4 rings (SSSR count). The Hall–Kier alpha value is -2.66. The molecule has 11 heteroatoms. The Morgan fingerprint density at radius 1 is 1.03 bits per heavy atom. The number of nitrogens with one attached hydrogen (secondary N) is 1. The lowest BCUT2D eigenvalue weighted by molar-refractivity contribution is 0.297. The third-order valence-electron chi connectivity index (χ3n) is 4.92. The number of hydrogen-bond acceptors (Lipinski definition) is 9. The van der Waals surface area contributed by atoms with E-state index >= 15 is 0 Å². The summed E-state index contributed by atoms with van der Waals surface area (Å²) < 4.78 is 44.5. The molecule has 0 spiro atoms. The average molecular weight is 436 g/mol. The quantitative estimate of drug-likeness (QED) is 0.721. The van der Waals surface area contributed by atoms with Crippen molar-refractivity contribution in [1.29, 1.82) is 0 Å². The summed E-state index contributed by atoms with van der Waals surface area (Å²) in [7, 11) is -2.33. The first-order chi connectivity index (χ1) is 14.5. The monoisotopic (exact) mass is 435 g/mol. The van der Waals surface area contributed by atoms with Crippen LogP contribution in [0.15, 0.2) is 23.1 Å². The number of aromatic nitrogens is 3. The van der Waals surface area contributed by atoms with Crippen molar-refractivity contribution in [2.24, 2.45) is 0 Å². The molecule has 1 fully saturated rings. The maximum atomic E-state index is 12.8. The smallest absolute Gasteiger partial charge is 0.321 e. The van der Waals surface area contributed by atoms with Crippen molar-refractivity contribution in [2.45, 2.75) is 37.1 Å². The van der Waals surface area contributed by atoms with E-state index in [2.05, 4.69) is 24.6 Å². The van der Waals surface area contributed by atoms with E-state index in [1.165, 1.54) is 25.7 Å². The highest BCUT2D eigenvalue weighted by Gasteiger charge is 2.21. The molecule has 1 saturated heterocycles. The van der Waals surface area contributed by atoms with Gasteiger partial charge in [0.05, 0.1) is 31.8 Å². The van der Waals surface area contributed by atoms with E-state index in [0.717, 1.165) is 32.4 Å². The topological polar surface area (TPSA) is 116 Å². The number of nitrogens with zero attached hydrogens (tertiary/aromatic N) is 4. The zero-order valence-electron chi connectivity index (χ0n) is 16.8. The molecule has 2 aliphatic rings. The summed E-state index contributed by atoms with van der Waals surface area (Å²) in [5.74, 6) is 1.76. The molecule has 2 aromatic rings. The second-order valence-corrected chi connectivity index (χ2v) is 8.84. The van der Waals surface area contributed by atoms with E-state index < -0.39 is 10.0 Å². The van der Waals surface area contributed by atoms with E-state index in [9.17, 15) is 8.42 Å². The first kappa shape index (κ1) is 20.6. The van der Waals surface area contributed by atoms with Crippen molar-refractivity contribution < 1.29 is 22.6 Å². The van der Waals surface area contributed by atoms with Crippen LogP contribution < -0.4 is 23.8 Å². The molecule has 3 heterocycles. The van der Waals surface area contributed by atoms with Crippen molar-refractivity contribution >= 4 is 16.0 Å². The van der Waals surface area contributed by atoms with Crippen LogP contribution in [-0.2, 0) is 16.6 Å². The standard InChI is InChI=1S/C19H25N5O5S/c1-27-19-22-17(21-18(23-19)24-8-3-2-4-9-24)13-20-30(25,26)14-6-7-15-16(12-14)29-11-5-10-28-15/h6-7,12,20H,2-5,8-11,13H2,1H3. The van der Waals surface area contributed by atoms with Gasteiger partial charge < -0.3 is 19.1 Å². The summed E-state index contributed by atoms with van der Waals surface area (Å²) in [6.07, 6.45) is 4.07. The summed E-state index contributed by atoms with van der Waals surface area (Å²) in [4.78, 5) is 15.1. The Bertz CT molecular complexity index is 995. The van der Waals surface area contributed by atoms with Crippen LogP contribution in [0.5, 0.6) is 17.5 Å². The van der Waals surface area contributed by atoms with Gasteiger partial charge in [0.25, 0.3) is 0 Å². The minimum Gasteiger partial charge on any atom is -0.490 e. The van der Waals surface area contributed by atoms with Crippen molar-refractivity contribution in [2.75, 3.05) is 38.3 Å². The van der Waals surface area contributed by atoms with Crippen LogP contribution in [0, 0.1) is 0 Å². The van der Waals surface area contributed by atoms with Crippen molar-refractivity contribution in [1.82, 2.24) is 19.7 Å². The zero-order chi connectivity index (χ0) is 21.0. The van der Waals surface area contributed by atoms with Crippen LogP contribution in [0.3, 0.4) is 0 Å². The van der Waals surface area contributed by atoms with Crippen LogP contribution in [0.25, 0.3) is 0 Å². The summed E-state index contributed by atoms with van der Waals surface area (Å²) in [6.45, 7) is 2.65. The molecule has 0 radical (unpaired) electrons. The van der Waals surface area contributed by atoms with Crippen LogP contribution in [0.2, 0.25) is 0 Å². The first-order valence-corrected chi connectivity index (χ1v) is 11.5. The molecule has 162 valence electrons. The third-order valence-corrected chi connectivity index (χ3v) is 6.32. The van der Waals surface area contributed by atoms with Gasteiger partial charge >= 0.3 is 6.01 Å². The Kier molecular flexibility index (Phi) is 6.18. The molecule has 0 atom stereocenters. The zero-order valence-corrected chi connectivity index (χ0v) is 17.7. The first-order valence-electron chi connectivity index (χ1n) is 9.98. The third kappa shape index (κ3) is 4.73. The molecule has 1 aromatic carbocycles. The second kappa shape index (κ2) is 9.00. The molecular formula is C19H25N5O5S. The predicted molar refractivity (Wildman–Crippen MR) is 109 cm³/mol. The highest BCUT2D eigenvalue weighted by molar-refractivity contribution is 7.89. The number of rotatable bonds is 6.